The molecular formula is C18H18ClN5O3S. The van der Waals surface area contributed by atoms with E-state index in [0.717, 1.165) is 11.3 Å². The van der Waals surface area contributed by atoms with Crippen LogP contribution >= 0.6 is 11.6 Å². The number of halogens is 1. The Morgan fingerprint density at radius 1 is 1.25 bits per heavy atom. The SMILES string of the molecule is Cc1noc(C2CC3Cc4[nH]ncc4C(C2)N3S(=O)(=O)c2ccc(Cl)cc2)n1. The van der Waals surface area contributed by atoms with Gasteiger partial charge in [0.2, 0.25) is 15.9 Å². The van der Waals surface area contributed by atoms with E-state index >= 15 is 0 Å². The maximum Gasteiger partial charge on any atom is 0.243 e. The van der Waals surface area contributed by atoms with Gasteiger partial charge in [0, 0.05) is 34.7 Å². The third-order valence-electron chi connectivity index (χ3n) is 5.56. The number of piperidine rings is 1. The molecule has 28 heavy (non-hydrogen) atoms. The van der Waals surface area contributed by atoms with Gasteiger partial charge in [-0.25, -0.2) is 8.42 Å². The van der Waals surface area contributed by atoms with E-state index in [1.165, 1.54) is 0 Å². The molecule has 5 rings (SSSR count). The zero-order valence-corrected chi connectivity index (χ0v) is 16.6. The summed E-state index contributed by atoms with van der Waals surface area (Å²) in [5, 5.41) is 11.6. The van der Waals surface area contributed by atoms with Crippen LogP contribution in [-0.4, -0.2) is 39.1 Å². The van der Waals surface area contributed by atoms with Gasteiger partial charge in [0.05, 0.1) is 17.1 Å². The van der Waals surface area contributed by atoms with Gasteiger partial charge >= 0.3 is 0 Å². The molecule has 0 aliphatic carbocycles. The highest BCUT2D eigenvalue weighted by molar-refractivity contribution is 7.89. The van der Waals surface area contributed by atoms with Crippen molar-refractivity contribution in [1.82, 2.24) is 24.6 Å². The minimum atomic E-state index is -3.69. The number of hydrogen-bond acceptors (Lipinski definition) is 6. The monoisotopic (exact) mass is 419 g/mol. The quantitative estimate of drug-likeness (QED) is 0.699. The number of nitrogens with one attached hydrogen (secondary N) is 1. The van der Waals surface area contributed by atoms with E-state index in [4.69, 9.17) is 16.1 Å². The van der Waals surface area contributed by atoms with E-state index < -0.39 is 10.0 Å². The predicted molar refractivity (Wildman–Crippen MR) is 100 cm³/mol. The minimum Gasteiger partial charge on any atom is -0.339 e. The van der Waals surface area contributed by atoms with E-state index in [9.17, 15) is 8.42 Å². The normalized spacial score (nSPS) is 24.9. The molecule has 1 fully saturated rings. The first kappa shape index (κ1) is 17.8. The molecule has 8 nitrogen and oxygen atoms in total. The maximum absolute atomic E-state index is 13.5. The lowest BCUT2D eigenvalue weighted by Gasteiger charge is -2.46. The number of sulfonamides is 1. The van der Waals surface area contributed by atoms with Crippen molar-refractivity contribution in [3.63, 3.8) is 0 Å². The molecule has 1 aromatic carbocycles. The molecule has 1 saturated heterocycles. The standard InChI is InChI=1S/C18H18ClN5O3S/c1-10-21-18(27-23-10)11-6-13-8-16-15(9-20-22-16)17(7-11)24(13)28(25,26)14-4-2-12(19)3-5-14/h2-5,9,11,13,17H,6-8H2,1H3,(H,20,22). The van der Waals surface area contributed by atoms with Gasteiger partial charge in [-0.1, -0.05) is 16.8 Å². The Labute approximate surface area is 166 Å². The number of rotatable bonds is 3. The summed E-state index contributed by atoms with van der Waals surface area (Å²) >= 11 is 5.94. The molecule has 10 heteroatoms. The van der Waals surface area contributed by atoms with Crippen LogP contribution in [0.1, 0.15) is 47.8 Å². The summed E-state index contributed by atoms with van der Waals surface area (Å²) in [5.74, 6) is 1.17. The Bertz CT molecular complexity index is 1120. The van der Waals surface area contributed by atoms with Gasteiger partial charge in [-0.15, -0.1) is 0 Å². The number of nitrogens with zero attached hydrogens (tertiary/aromatic N) is 4. The molecule has 2 aliphatic heterocycles. The van der Waals surface area contributed by atoms with Crippen molar-refractivity contribution in [2.45, 2.75) is 49.1 Å². The largest absolute Gasteiger partial charge is 0.339 e. The van der Waals surface area contributed by atoms with Crippen LogP contribution < -0.4 is 0 Å². The van der Waals surface area contributed by atoms with Gasteiger partial charge in [0.1, 0.15) is 0 Å². The van der Waals surface area contributed by atoms with Crippen molar-refractivity contribution in [2.75, 3.05) is 0 Å². The van der Waals surface area contributed by atoms with Crippen LogP contribution in [0, 0.1) is 6.92 Å². The Hall–Kier alpha value is -2.23. The second-order valence-corrected chi connectivity index (χ2v) is 9.59. The molecular weight excluding hydrogens is 402 g/mol. The van der Waals surface area contributed by atoms with E-state index in [1.807, 2.05) is 0 Å². The second-order valence-electron chi connectivity index (χ2n) is 7.31. The second kappa shape index (κ2) is 6.40. The molecule has 3 atom stereocenters. The molecule has 146 valence electrons. The fourth-order valence-electron chi connectivity index (χ4n) is 4.37. The third kappa shape index (κ3) is 2.76. The molecule has 2 bridgehead atoms. The molecule has 3 aromatic rings. The van der Waals surface area contributed by atoms with Crippen molar-refractivity contribution in [3.8, 4) is 0 Å². The molecule has 4 heterocycles. The van der Waals surface area contributed by atoms with Gasteiger partial charge in [-0.2, -0.15) is 14.4 Å². The third-order valence-corrected chi connectivity index (χ3v) is 7.79. The van der Waals surface area contributed by atoms with Crippen molar-refractivity contribution in [3.05, 3.63) is 58.5 Å². The number of fused-ring (bicyclic) bond motifs is 4. The first-order valence-electron chi connectivity index (χ1n) is 9.05. The lowest BCUT2D eigenvalue weighted by atomic mass is 9.79. The molecule has 2 aromatic heterocycles. The topological polar surface area (TPSA) is 105 Å². The van der Waals surface area contributed by atoms with E-state index in [2.05, 4.69) is 20.3 Å². The van der Waals surface area contributed by atoms with Gasteiger partial charge in [0.25, 0.3) is 0 Å². The molecule has 0 amide bonds. The zero-order valence-electron chi connectivity index (χ0n) is 15.0. The molecule has 0 spiro atoms. The lowest BCUT2D eigenvalue weighted by Crippen LogP contribution is -2.51. The van der Waals surface area contributed by atoms with Crippen LogP contribution in [0.2, 0.25) is 5.02 Å². The summed E-state index contributed by atoms with van der Waals surface area (Å²) in [6.07, 6.45) is 3.48. The highest BCUT2D eigenvalue weighted by atomic mass is 35.5. The maximum atomic E-state index is 13.5. The Kier molecular flexibility index (Phi) is 4.08. The van der Waals surface area contributed by atoms with E-state index in [0.29, 0.717) is 36.0 Å². The highest BCUT2D eigenvalue weighted by Crippen LogP contribution is 2.49. The van der Waals surface area contributed by atoms with Crippen LogP contribution in [0.4, 0.5) is 0 Å². The fourth-order valence-corrected chi connectivity index (χ4v) is 6.31. The average molecular weight is 420 g/mol. The Balaban J connectivity index is 1.57. The first-order chi connectivity index (χ1) is 13.4. The first-order valence-corrected chi connectivity index (χ1v) is 10.9. The van der Waals surface area contributed by atoms with Gasteiger partial charge < -0.3 is 4.52 Å². The van der Waals surface area contributed by atoms with Crippen molar-refractivity contribution in [1.29, 1.82) is 0 Å². The van der Waals surface area contributed by atoms with Crippen LogP contribution in [0.5, 0.6) is 0 Å². The van der Waals surface area contributed by atoms with E-state index in [1.54, 1.807) is 41.7 Å². The molecule has 2 aliphatic rings. The average Bonchev–Trinajstić information content (AvgIpc) is 3.30. The summed E-state index contributed by atoms with van der Waals surface area (Å²) in [6, 6.07) is 5.75. The van der Waals surface area contributed by atoms with Gasteiger partial charge in [-0.3, -0.25) is 5.10 Å². The Morgan fingerprint density at radius 3 is 2.75 bits per heavy atom. The van der Waals surface area contributed by atoms with Crippen LogP contribution in [0.15, 0.2) is 39.9 Å². The number of H-pyrrole nitrogens is 1. The number of aryl methyl sites for hydroxylation is 1. The van der Waals surface area contributed by atoms with E-state index in [-0.39, 0.29) is 22.9 Å². The number of hydrogen-bond donors (Lipinski definition) is 1. The number of aromatic nitrogens is 4. The van der Waals surface area contributed by atoms with Crippen molar-refractivity contribution in [2.24, 2.45) is 0 Å². The lowest BCUT2D eigenvalue weighted by molar-refractivity contribution is 0.132. The summed E-state index contributed by atoms with van der Waals surface area (Å²) < 4.78 is 34.0. The van der Waals surface area contributed by atoms with Gasteiger partial charge in [-0.05, 0) is 44.0 Å². The van der Waals surface area contributed by atoms with Gasteiger partial charge in [0.15, 0.2) is 5.82 Å². The smallest absolute Gasteiger partial charge is 0.243 e. The summed E-state index contributed by atoms with van der Waals surface area (Å²) in [7, 11) is -3.69. The highest BCUT2D eigenvalue weighted by Gasteiger charge is 2.49. The van der Waals surface area contributed by atoms with Crippen LogP contribution in [-0.2, 0) is 16.4 Å². The summed E-state index contributed by atoms with van der Waals surface area (Å²) in [4.78, 5) is 4.62. The van der Waals surface area contributed by atoms with Crippen molar-refractivity contribution < 1.29 is 12.9 Å². The molecule has 0 radical (unpaired) electrons. The predicted octanol–water partition coefficient (Wildman–Crippen LogP) is 2.99. The fraction of sp³-hybridized carbons (Fsp3) is 0.389. The summed E-state index contributed by atoms with van der Waals surface area (Å²) in [6.45, 7) is 1.78. The molecule has 0 saturated carbocycles. The molecule has 1 N–H and O–H groups in total. The molecule has 3 unspecified atom stereocenters. The number of benzene rings is 1. The zero-order chi connectivity index (χ0) is 19.5. The Morgan fingerprint density at radius 2 is 2.04 bits per heavy atom. The van der Waals surface area contributed by atoms with Crippen LogP contribution in [0.3, 0.4) is 0 Å². The number of aromatic amines is 1. The van der Waals surface area contributed by atoms with Crippen LogP contribution in [0.25, 0.3) is 0 Å². The minimum absolute atomic E-state index is 0.0101. The summed E-state index contributed by atoms with van der Waals surface area (Å²) in [5.41, 5.74) is 1.91. The van der Waals surface area contributed by atoms with Crippen molar-refractivity contribution >= 4 is 21.6 Å².